The van der Waals surface area contributed by atoms with Crippen LogP contribution >= 0.6 is 0 Å². The van der Waals surface area contributed by atoms with Crippen molar-refractivity contribution in [3.63, 3.8) is 0 Å². The van der Waals surface area contributed by atoms with Crippen LogP contribution < -0.4 is 0 Å². The van der Waals surface area contributed by atoms with Gasteiger partial charge in [0.25, 0.3) is 0 Å². The second kappa shape index (κ2) is 6.35. The monoisotopic (exact) mass is 444 g/mol. The van der Waals surface area contributed by atoms with Crippen molar-refractivity contribution in [3.05, 3.63) is 35.9 Å². The fraction of sp³-hybridized carbons (Fsp3) is 0.538. The molecule has 28 heavy (non-hydrogen) atoms. The number of hydrogen-bond donors (Lipinski definition) is 1. The van der Waals surface area contributed by atoms with E-state index in [1.807, 2.05) is 0 Å². The molecule has 1 rings (SSSR count). The van der Waals surface area contributed by atoms with Crippen LogP contribution in [0.25, 0.3) is 0 Å². The molecule has 0 saturated carbocycles. The summed E-state index contributed by atoms with van der Waals surface area (Å²) in [5.74, 6) is -30.5. The second-order valence-corrected chi connectivity index (χ2v) is 5.37. The molecule has 1 nitrogen and oxygen atoms in total. The van der Waals surface area contributed by atoms with E-state index in [9.17, 15) is 66.6 Å². The highest BCUT2D eigenvalue weighted by Gasteiger charge is 2.91. The molecule has 0 amide bonds. The number of hydrogen-bond acceptors (Lipinski definition) is 1. The third-order valence-corrected chi connectivity index (χ3v) is 3.60. The summed E-state index contributed by atoms with van der Waals surface area (Å²) in [6.07, 6.45) is -14.8. The molecule has 0 atom stereocenters. The third kappa shape index (κ3) is 2.97. The standard InChI is InChI=1S/C13H6F14O/c14-8(15,10(18,19)12(22,23)24)7(28,6-4-2-1-3-5-6)9(16,17)11(20,21)13(25,26)27/h1-5,28H. The molecule has 0 radical (unpaired) electrons. The molecule has 0 aliphatic carbocycles. The van der Waals surface area contributed by atoms with Gasteiger partial charge in [-0.1, -0.05) is 30.3 Å². The van der Waals surface area contributed by atoms with Crippen LogP contribution in [0.4, 0.5) is 61.5 Å². The molecule has 0 heterocycles. The maximum absolute atomic E-state index is 13.9. The number of aliphatic hydroxyl groups is 1. The van der Waals surface area contributed by atoms with Crippen LogP contribution in [0.5, 0.6) is 0 Å². The lowest BCUT2D eigenvalue weighted by Gasteiger charge is -2.46. The van der Waals surface area contributed by atoms with Crippen LogP contribution in [0.3, 0.4) is 0 Å². The van der Waals surface area contributed by atoms with E-state index >= 15 is 0 Å². The van der Waals surface area contributed by atoms with Gasteiger partial charge in [-0.2, -0.15) is 61.5 Å². The topological polar surface area (TPSA) is 20.2 Å². The average molecular weight is 444 g/mol. The summed E-state index contributed by atoms with van der Waals surface area (Å²) >= 11 is 0. The van der Waals surface area contributed by atoms with Crippen molar-refractivity contribution >= 4 is 0 Å². The first-order chi connectivity index (χ1) is 12.1. The third-order valence-electron chi connectivity index (χ3n) is 3.60. The molecular formula is C13H6F14O. The highest BCUT2D eigenvalue weighted by molar-refractivity contribution is 5.32. The molecule has 0 aromatic heterocycles. The van der Waals surface area contributed by atoms with E-state index in [0.717, 1.165) is 6.07 Å². The van der Waals surface area contributed by atoms with Crippen LogP contribution in [0.2, 0.25) is 0 Å². The Morgan fingerprint density at radius 2 is 0.750 bits per heavy atom. The van der Waals surface area contributed by atoms with Gasteiger partial charge in [0, 0.05) is 0 Å². The van der Waals surface area contributed by atoms with Crippen molar-refractivity contribution in [2.45, 2.75) is 41.6 Å². The molecule has 0 saturated heterocycles. The van der Waals surface area contributed by atoms with Crippen LogP contribution in [-0.4, -0.2) is 41.1 Å². The van der Waals surface area contributed by atoms with E-state index in [1.165, 1.54) is 0 Å². The largest absolute Gasteiger partial charge is 0.460 e. The number of halogens is 14. The van der Waals surface area contributed by atoms with Gasteiger partial charge in [-0.05, 0) is 5.56 Å². The lowest BCUT2D eigenvalue weighted by atomic mass is 9.76. The summed E-state index contributed by atoms with van der Waals surface area (Å²) < 4.78 is 182. The Hall–Kier alpha value is -1.80. The average Bonchev–Trinajstić information content (AvgIpc) is 2.52. The lowest BCUT2D eigenvalue weighted by molar-refractivity contribution is -0.454. The van der Waals surface area contributed by atoms with Crippen LogP contribution in [0.1, 0.15) is 5.56 Å². The summed E-state index contributed by atoms with van der Waals surface area (Å²) in [6.45, 7) is 0. The smallest absolute Gasteiger partial charge is 0.374 e. The zero-order valence-electron chi connectivity index (χ0n) is 12.6. The Balaban J connectivity index is 4.00. The van der Waals surface area contributed by atoms with E-state index in [2.05, 4.69) is 0 Å². The fourth-order valence-corrected chi connectivity index (χ4v) is 2.05. The van der Waals surface area contributed by atoms with Crippen molar-refractivity contribution in [3.8, 4) is 0 Å². The molecule has 0 aliphatic rings. The van der Waals surface area contributed by atoms with Gasteiger partial charge in [-0.15, -0.1) is 0 Å². The Bertz CT molecular complexity index is 649. The minimum Gasteiger partial charge on any atom is -0.374 e. The lowest BCUT2D eigenvalue weighted by Crippen LogP contribution is -2.73. The number of alkyl halides is 14. The minimum atomic E-state index is -7.64. The molecule has 1 aromatic carbocycles. The van der Waals surface area contributed by atoms with Gasteiger partial charge in [-0.25, -0.2) is 0 Å². The van der Waals surface area contributed by atoms with Crippen LogP contribution in [0, 0.1) is 0 Å². The minimum absolute atomic E-state index is 0.249. The van der Waals surface area contributed by atoms with Crippen molar-refractivity contribution in [1.82, 2.24) is 0 Å². The Morgan fingerprint density at radius 3 is 1.00 bits per heavy atom. The van der Waals surface area contributed by atoms with Gasteiger partial charge in [0.2, 0.25) is 5.60 Å². The Labute approximate surface area is 145 Å². The van der Waals surface area contributed by atoms with E-state index in [-0.39, 0.29) is 12.1 Å². The number of rotatable bonds is 5. The highest BCUT2D eigenvalue weighted by atomic mass is 19.4. The predicted molar refractivity (Wildman–Crippen MR) is 62.2 cm³/mol. The molecule has 0 unspecified atom stereocenters. The number of benzene rings is 1. The molecule has 0 spiro atoms. The molecular weight excluding hydrogens is 438 g/mol. The second-order valence-electron chi connectivity index (χ2n) is 5.37. The molecule has 0 bridgehead atoms. The molecule has 0 fully saturated rings. The van der Waals surface area contributed by atoms with Crippen molar-refractivity contribution < 1.29 is 66.6 Å². The quantitative estimate of drug-likeness (QED) is 0.592. The van der Waals surface area contributed by atoms with Gasteiger partial charge in [0.1, 0.15) is 0 Å². The van der Waals surface area contributed by atoms with E-state index in [0.29, 0.717) is 12.1 Å². The van der Waals surface area contributed by atoms with Crippen LogP contribution in [-0.2, 0) is 5.60 Å². The van der Waals surface area contributed by atoms with Gasteiger partial charge in [0.05, 0.1) is 0 Å². The summed E-state index contributed by atoms with van der Waals surface area (Å²) in [5, 5.41) is 9.48. The summed E-state index contributed by atoms with van der Waals surface area (Å²) in [6, 6.07) is 0.902. The fourth-order valence-electron chi connectivity index (χ4n) is 2.05. The van der Waals surface area contributed by atoms with Crippen molar-refractivity contribution in [2.24, 2.45) is 0 Å². The first kappa shape index (κ1) is 24.2. The highest BCUT2D eigenvalue weighted by Crippen LogP contribution is 2.63. The van der Waals surface area contributed by atoms with E-state index in [1.54, 1.807) is 0 Å². The summed E-state index contributed by atoms with van der Waals surface area (Å²) in [5.41, 5.74) is -9.09. The molecule has 0 aliphatic heterocycles. The summed E-state index contributed by atoms with van der Waals surface area (Å²) in [7, 11) is 0. The van der Waals surface area contributed by atoms with E-state index < -0.39 is 47.2 Å². The van der Waals surface area contributed by atoms with Crippen molar-refractivity contribution in [2.75, 3.05) is 0 Å². The molecule has 1 aromatic rings. The molecule has 15 heteroatoms. The Morgan fingerprint density at radius 1 is 0.464 bits per heavy atom. The maximum atomic E-state index is 13.9. The SMILES string of the molecule is OC(c1ccccc1)(C(F)(F)C(F)(F)C(F)(F)F)C(F)(F)C(F)(F)C(F)(F)F. The summed E-state index contributed by atoms with van der Waals surface area (Å²) in [4.78, 5) is 0. The Kier molecular flexibility index (Phi) is 5.50. The first-order valence-electron chi connectivity index (χ1n) is 6.53. The van der Waals surface area contributed by atoms with Gasteiger partial charge >= 0.3 is 36.0 Å². The van der Waals surface area contributed by atoms with Crippen molar-refractivity contribution in [1.29, 1.82) is 0 Å². The van der Waals surface area contributed by atoms with Gasteiger partial charge < -0.3 is 5.11 Å². The predicted octanol–water partition coefficient (Wildman–Crippen LogP) is 5.54. The van der Waals surface area contributed by atoms with Gasteiger partial charge in [0.15, 0.2) is 0 Å². The first-order valence-corrected chi connectivity index (χ1v) is 6.53. The zero-order valence-corrected chi connectivity index (χ0v) is 12.6. The van der Waals surface area contributed by atoms with Gasteiger partial charge in [-0.3, -0.25) is 0 Å². The zero-order chi connectivity index (χ0) is 22.6. The molecule has 162 valence electrons. The van der Waals surface area contributed by atoms with E-state index in [4.69, 9.17) is 0 Å². The maximum Gasteiger partial charge on any atom is 0.460 e. The van der Waals surface area contributed by atoms with Crippen LogP contribution in [0.15, 0.2) is 30.3 Å². The normalized spacial score (nSPS) is 15.7. The molecule has 1 N–H and O–H groups in total.